The number of hydrogen-bond donors (Lipinski definition) is 0. The Kier molecular flexibility index (Phi) is 5.69. The zero-order valence-electron chi connectivity index (χ0n) is 17.1. The summed E-state index contributed by atoms with van der Waals surface area (Å²) in [5.41, 5.74) is 2.89. The van der Waals surface area contributed by atoms with E-state index in [2.05, 4.69) is 54.6 Å². The van der Waals surface area contributed by atoms with Gasteiger partial charge in [0.1, 0.15) is 0 Å². The number of hydroxylamine groups is 2. The Bertz CT molecular complexity index is 889. The van der Waals surface area contributed by atoms with E-state index in [0.717, 1.165) is 31.2 Å². The van der Waals surface area contributed by atoms with Gasteiger partial charge in [-0.2, -0.15) is 8.42 Å². The first-order chi connectivity index (χ1) is 13.1. The van der Waals surface area contributed by atoms with Crippen molar-refractivity contribution in [1.82, 2.24) is 5.06 Å². The minimum atomic E-state index is -3.60. The van der Waals surface area contributed by atoms with Gasteiger partial charge in [-0.1, -0.05) is 66.7 Å². The maximum absolute atomic E-state index is 11.8. The molecule has 0 unspecified atom stereocenters. The molecule has 2 aromatic carbocycles. The van der Waals surface area contributed by atoms with E-state index < -0.39 is 15.7 Å². The van der Waals surface area contributed by atoms with Gasteiger partial charge in [-0.05, 0) is 51.2 Å². The minimum absolute atomic E-state index is 0.124. The third-order valence-electron chi connectivity index (χ3n) is 5.23. The van der Waals surface area contributed by atoms with Crippen molar-refractivity contribution in [3.8, 4) is 0 Å². The highest BCUT2D eigenvalue weighted by Gasteiger charge is 2.38. The molecule has 1 aliphatic carbocycles. The highest BCUT2D eigenvalue weighted by atomic mass is 32.2. The van der Waals surface area contributed by atoms with Gasteiger partial charge >= 0.3 is 0 Å². The molecule has 0 aromatic heterocycles. The second-order valence-electron chi connectivity index (χ2n) is 8.46. The summed E-state index contributed by atoms with van der Waals surface area (Å²) < 4.78 is 29.0. The summed E-state index contributed by atoms with van der Waals surface area (Å²) in [4.78, 5) is 0. The van der Waals surface area contributed by atoms with Crippen molar-refractivity contribution in [3.05, 3.63) is 83.6 Å². The molecule has 0 amide bonds. The summed E-state index contributed by atoms with van der Waals surface area (Å²) in [6.07, 6.45) is 5.63. The van der Waals surface area contributed by atoms with E-state index in [4.69, 9.17) is 4.28 Å². The minimum Gasteiger partial charge on any atom is -0.236 e. The van der Waals surface area contributed by atoms with Crippen LogP contribution in [0.2, 0.25) is 0 Å². The molecule has 0 N–H and O–H groups in total. The molecule has 2 aromatic rings. The Labute approximate surface area is 168 Å². The van der Waals surface area contributed by atoms with E-state index >= 15 is 0 Å². The molecule has 28 heavy (non-hydrogen) atoms. The first-order valence-electron chi connectivity index (χ1n) is 9.62. The highest BCUT2D eigenvalue weighted by Crippen LogP contribution is 2.45. The van der Waals surface area contributed by atoms with Crippen molar-refractivity contribution < 1.29 is 12.7 Å². The summed E-state index contributed by atoms with van der Waals surface area (Å²) in [5, 5.41) is 1.56. The molecule has 0 spiro atoms. The molecule has 0 bridgehead atoms. The summed E-state index contributed by atoms with van der Waals surface area (Å²) in [6, 6.07) is 21.1. The largest absolute Gasteiger partial charge is 0.285 e. The molecule has 0 fully saturated rings. The maximum atomic E-state index is 11.8. The SMILES string of the molecule is CC(C)(C)N(OS(C)(=O)=O)C1=CCC(c2ccccc2)(c2ccccc2)CC1. The lowest BCUT2D eigenvalue weighted by Gasteiger charge is -2.42. The lowest BCUT2D eigenvalue weighted by atomic mass is 9.66. The van der Waals surface area contributed by atoms with Crippen LogP contribution in [-0.4, -0.2) is 25.3 Å². The van der Waals surface area contributed by atoms with Gasteiger partial charge in [0.05, 0.1) is 11.8 Å². The Morgan fingerprint density at radius 3 is 1.79 bits per heavy atom. The van der Waals surface area contributed by atoms with Gasteiger partial charge in [-0.25, -0.2) is 5.06 Å². The molecular weight excluding hydrogens is 370 g/mol. The monoisotopic (exact) mass is 399 g/mol. The van der Waals surface area contributed by atoms with Gasteiger partial charge in [0.25, 0.3) is 10.1 Å². The summed E-state index contributed by atoms with van der Waals surface area (Å²) in [6.45, 7) is 5.86. The van der Waals surface area contributed by atoms with Gasteiger partial charge in [0.2, 0.25) is 0 Å². The number of nitrogens with zero attached hydrogens (tertiary/aromatic N) is 1. The third-order valence-corrected chi connectivity index (χ3v) is 5.65. The van der Waals surface area contributed by atoms with Crippen molar-refractivity contribution in [1.29, 1.82) is 0 Å². The number of allylic oxidation sites excluding steroid dienone is 2. The molecule has 0 aliphatic heterocycles. The lowest BCUT2D eigenvalue weighted by molar-refractivity contribution is -0.0911. The van der Waals surface area contributed by atoms with E-state index in [1.807, 2.05) is 32.9 Å². The third kappa shape index (κ3) is 4.47. The fraction of sp³-hybridized carbons (Fsp3) is 0.391. The van der Waals surface area contributed by atoms with Crippen LogP contribution < -0.4 is 0 Å². The number of rotatable bonds is 5. The molecule has 1 aliphatic rings. The summed E-state index contributed by atoms with van der Waals surface area (Å²) in [7, 11) is -3.60. The topological polar surface area (TPSA) is 46.6 Å². The molecule has 150 valence electrons. The van der Waals surface area contributed by atoms with Crippen LogP contribution in [0.1, 0.15) is 51.2 Å². The van der Waals surface area contributed by atoms with Crippen LogP contribution in [0.25, 0.3) is 0 Å². The second kappa shape index (κ2) is 7.72. The fourth-order valence-electron chi connectivity index (χ4n) is 3.95. The lowest BCUT2D eigenvalue weighted by Crippen LogP contribution is -2.43. The maximum Gasteiger partial charge on any atom is 0.285 e. The molecule has 4 nitrogen and oxygen atoms in total. The molecule has 0 saturated carbocycles. The van der Waals surface area contributed by atoms with Crippen LogP contribution in [0.15, 0.2) is 72.4 Å². The Morgan fingerprint density at radius 2 is 1.43 bits per heavy atom. The van der Waals surface area contributed by atoms with E-state index in [9.17, 15) is 8.42 Å². The smallest absolute Gasteiger partial charge is 0.236 e. The van der Waals surface area contributed by atoms with Crippen LogP contribution in [0.4, 0.5) is 0 Å². The first kappa shape index (κ1) is 20.6. The van der Waals surface area contributed by atoms with Crippen LogP contribution in [0, 0.1) is 0 Å². The Balaban J connectivity index is 2.01. The van der Waals surface area contributed by atoms with E-state index in [1.54, 1.807) is 5.06 Å². The number of benzene rings is 2. The molecule has 5 heteroatoms. The van der Waals surface area contributed by atoms with Crippen molar-refractivity contribution in [2.75, 3.05) is 6.26 Å². The van der Waals surface area contributed by atoms with Crippen molar-refractivity contribution >= 4 is 10.1 Å². The molecule has 0 saturated heterocycles. The van der Waals surface area contributed by atoms with E-state index in [1.165, 1.54) is 11.1 Å². The van der Waals surface area contributed by atoms with Gasteiger partial charge in [-0.3, -0.25) is 0 Å². The van der Waals surface area contributed by atoms with Crippen LogP contribution in [0.5, 0.6) is 0 Å². The van der Waals surface area contributed by atoms with Crippen LogP contribution in [-0.2, 0) is 19.8 Å². The van der Waals surface area contributed by atoms with Gasteiger partial charge in [0, 0.05) is 11.1 Å². The van der Waals surface area contributed by atoms with Gasteiger partial charge in [-0.15, -0.1) is 4.28 Å². The standard InChI is InChI=1S/C23H29NO3S/c1-22(2,3)24(27-28(4,25)26)21-15-17-23(18-16-21,19-11-7-5-8-12-19)20-13-9-6-10-14-20/h5-15H,16-18H2,1-4H3. The Morgan fingerprint density at radius 1 is 0.929 bits per heavy atom. The number of hydrogen-bond acceptors (Lipinski definition) is 4. The second-order valence-corrected chi connectivity index (χ2v) is 10.0. The van der Waals surface area contributed by atoms with Gasteiger partial charge in [0.15, 0.2) is 0 Å². The average molecular weight is 400 g/mol. The zero-order valence-corrected chi connectivity index (χ0v) is 17.9. The molecule has 0 heterocycles. The normalized spacial score (nSPS) is 17.1. The van der Waals surface area contributed by atoms with Gasteiger partial charge < -0.3 is 0 Å². The average Bonchev–Trinajstić information content (AvgIpc) is 2.66. The van der Waals surface area contributed by atoms with Crippen molar-refractivity contribution in [2.45, 2.75) is 51.0 Å². The predicted molar refractivity (Wildman–Crippen MR) is 113 cm³/mol. The molecule has 0 radical (unpaired) electrons. The van der Waals surface area contributed by atoms with Crippen LogP contribution >= 0.6 is 0 Å². The summed E-state index contributed by atoms with van der Waals surface area (Å²) >= 11 is 0. The fourth-order valence-corrected chi connectivity index (χ4v) is 4.54. The molecule has 3 rings (SSSR count). The summed E-state index contributed by atoms with van der Waals surface area (Å²) in [5.74, 6) is 0. The van der Waals surface area contributed by atoms with Crippen molar-refractivity contribution in [2.24, 2.45) is 0 Å². The van der Waals surface area contributed by atoms with E-state index in [-0.39, 0.29) is 5.41 Å². The van der Waals surface area contributed by atoms with E-state index in [0.29, 0.717) is 0 Å². The highest BCUT2D eigenvalue weighted by molar-refractivity contribution is 7.85. The van der Waals surface area contributed by atoms with Crippen molar-refractivity contribution in [3.63, 3.8) is 0 Å². The quantitative estimate of drug-likeness (QED) is 0.662. The predicted octanol–water partition coefficient (Wildman–Crippen LogP) is 5.03. The molecular formula is C23H29NO3S. The molecule has 0 atom stereocenters. The Hall–Kier alpha value is -2.11. The first-order valence-corrected chi connectivity index (χ1v) is 11.4. The zero-order chi connectivity index (χ0) is 20.4. The van der Waals surface area contributed by atoms with Crippen LogP contribution in [0.3, 0.4) is 0 Å².